The number of hydrogen-bond acceptors (Lipinski definition) is 4. The lowest BCUT2D eigenvalue weighted by atomic mass is 9.86. The van der Waals surface area contributed by atoms with Gasteiger partial charge in [-0.15, -0.1) is 11.3 Å². The van der Waals surface area contributed by atoms with Gasteiger partial charge >= 0.3 is 0 Å². The zero-order chi connectivity index (χ0) is 22.0. The lowest BCUT2D eigenvalue weighted by Gasteiger charge is -2.35. The first-order valence-corrected chi connectivity index (χ1v) is 13.8. The van der Waals surface area contributed by atoms with Crippen molar-refractivity contribution in [1.29, 1.82) is 0 Å². The monoisotopic (exact) mass is 466 g/mol. The van der Waals surface area contributed by atoms with Gasteiger partial charge in [-0.1, -0.05) is 66.7 Å². The molecule has 1 unspecified atom stereocenters. The minimum Gasteiger partial charge on any atom is -0.303 e. The molecule has 2 aromatic carbocycles. The number of sulfonamides is 1. The Labute approximate surface area is 195 Å². The number of hydrogen-bond donors (Lipinski definition) is 0. The molecule has 3 heterocycles. The Kier molecular flexibility index (Phi) is 6.47. The molecule has 5 rings (SSSR count). The van der Waals surface area contributed by atoms with Crippen LogP contribution in [0.4, 0.5) is 0 Å². The van der Waals surface area contributed by atoms with Crippen molar-refractivity contribution in [3.05, 3.63) is 89.3 Å². The van der Waals surface area contributed by atoms with Crippen molar-refractivity contribution in [3.63, 3.8) is 0 Å². The van der Waals surface area contributed by atoms with E-state index < -0.39 is 10.0 Å². The summed E-state index contributed by atoms with van der Waals surface area (Å²) in [4.78, 5) is 2.56. The summed E-state index contributed by atoms with van der Waals surface area (Å²) < 4.78 is 28.6. The van der Waals surface area contributed by atoms with Gasteiger partial charge < -0.3 is 4.90 Å². The maximum Gasteiger partial charge on any atom is 0.252 e. The van der Waals surface area contributed by atoms with E-state index in [0.717, 1.165) is 19.6 Å². The molecule has 0 N–H and O–H groups in total. The molecular weight excluding hydrogens is 436 g/mol. The standard InChI is InChI=1S/C26H30N2O2S2/c29-32(30,26-12-7-17-31-26)28-19-24(25(20-28)23-10-5-2-6-11-23)18-27-15-13-22(14-16-27)21-8-3-1-4-9-21/h1-12,17,22,24-25H,13-16,18-20H2/t24?,25-/m1/s1. The molecule has 2 atom stereocenters. The number of piperidine rings is 1. The molecule has 0 radical (unpaired) electrons. The third-order valence-corrected chi connectivity index (χ3v) is 10.3. The summed E-state index contributed by atoms with van der Waals surface area (Å²) in [6.07, 6.45) is 2.34. The molecule has 0 bridgehead atoms. The van der Waals surface area contributed by atoms with E-state index in [1.165, 1.54) is 35.3 Å². The van der Waals surface area contributed by atoms with E-state index in [4.69, 9.17) is 0 Å². The van der Waals surface area contributed by atoms with Crippen molar-refractivity contribution in [1.82, 2.24) is 9.21 Å². The van der Waals surface area contributed by atoms with Gasteiger partial charge in [-0.25, -0.2) is 8.42 Å². The fourth-order valence-electron chi connectivity index (χ4n) is 5.33. The Hall–Kier alpha value is -1.99. The lowest BCUT2D eigenvalue weighted by Crippen LogP contribution is -2.38. The zero-order valence-corrected chi connectivity index (χ0v) is 19.8. The predicted octanol–water partition coefficient (Wildman–Crippen LogP) is 5.03. The molecule has 4 nitrogen and oxygen atoms in total. The normalized spacial score (nSPS) is 23.5. The molecular formula is C26H30N2O2S2. The maximum atomic E-state index is 13.2. The van der Waals surface area contributed by atoms with Gasteiger partial charge in [0.25, 0.3) is 10.0 Å². The summed E-state index contributed by atoms with van der Waals surface area (Å²) in [7, 11) is -3.42. The van der Waals surface area contributed by atoms with Crippen LogP contribution in [0, 0.1) is 5.92 Å². The minimum atomic E-state index is -3.42. The van der Waals surface area contributed by atoms with Gasteiger partial charge in [-0.05, 0) is 60.3 Å². The molecule has 6 heteroatoms. The van der Waals surface area contributed by atoms with E-state index in [-0.39, 0.29) is 5.92 Å². The highest BCUT2D eigenvalue weighted by atomic mass is 32.2. The average molecular weight is 467 g/mol. The molecule has 2 saturated heterocycles. The first-order chi connectivity index (χ1) is 15.6. The van der Waals surface area contributed by atoms with Crippen LogP contribution < -0.4 is 0 Å². The van der Waals surface area contributed by atoms with Crippen LogP contribution in [-0.4, -0.2) is 50.3 Å². The van der Waals surface area contributed by atoms with Gasteiger partial charge in [0.2, 0.25) is 0 Å². The van der Waals surface area contributed by atoms with E-state index >= 15 is 0 Å². The van der Waals surface area contributed by atoms with Crippen LogP contribution in [0.1, 0.15) is 35.8 Å². The van der Waals surface area contributed by atoms with Gasteiger partial charge in [-0.2, -0.15) is 4.31 Å². The Morgan fingerprint density at radius 2 is 1.47 bits per heavy atom. The van der Waals surface area contributed by atoms with E-state index in [2.05, 4.69) is 59.5 Å². The number of thiophene rings is 1. The van der Waals surface area contributed by atoms with Gasteiger partial charge in [0.05, 0.1) is 0 Å². The van der Waals surface area contributed by atoms with E-state index in [1.807, 2.05) is 17.5 Å². The van der Waals surface area contributed by atoms with Crippen LogP contribution in [-0.2, 0) is 10.0 Å². The molecule has 1 aromatic heterocycles. The van der Waals surface area contributed by atoms with Crippen LogP contribution in [0.15, 0.2) is 82.4 Å². The molecule has 0 spiro atoms. The number of benzene rings is 2. The van der Waals surface area contributed by atoms with Crippen molar-refractivity contribution in [3.8, 4) is 0 Å². The van der Waals surface area contributed by atoms with Crippen molar-refractivity contribution >= 4 is 21.4 Å². The summed E-state index contributed by atoms with van der Waals surface area (Å²) in [5.41, 5.74) is 2.70. The Morgan fingerprint density at radius 1 is 0.812 bits per heavy atom. The summed E-state index contributed by atoms with van der Waals surface area (Å²) in [5.74, 6) is 1.18. The molecule has 2 aliphatic heterocycles. The molecule has 0 amide bonds. The number of likely N-dealkylation sites (tertiary alicyclic amines) is 1. The Balaban J connectivity index is 1.30. The van der Waals surface area contributed by atoms with Crippen molar-refractivity contribution in [2.75, 3.05) is 32.7 Å². The number of nitrogens with zero attached hydrogens (tertiary/aromatic N) is 2. The summed E-state index contributed by atoms with van der Waals surface area (Å²) in [6.45, 7) is 4.27. The van der Waals surface area contributed by atoms with E-state index in [0.29, 0.717) is 29.1 Å². The van der Waals surface area contributed by atoms with Crippen LogP contribution in [0.3, 0.4) is 0 Å². The first kappa shape index (κ1) is 21.8. The molecule has 3 aromatic rings. The van der Waals surface area contributed by atoms with Crippen LogP contribution in [0.2, 0.25) is 0 Å². The van der Waals surface area contributed by atoms with Crippen LogP contribution in [0.5, 0.6) is 0 Å². The van der Waals surface area contributed by atoms with E-state index in [1.54, 1.807) is 10.4 Å². The highest BCUT2D eigenvalue weighted by Gasteiger charge is 2.41. The lowest BCUT2D eigenvalue weighted by molar-refractivity contribution is 0.180. The highest BCUT2D eigenvalue weighted by molar-refractivity contribution is 7.91. The van der Waals surface area contributed by atoms with E-state index in [9.17, 15) is 8.42 Å². The third kappa shape index (κ3) is 4.55. The second-order valence-corrected chi connectivity index (χ2v) is 12.1. The molecule has 0 saturated carbocycles. The molecule has 168 valence electrons. The number of rotatable bonds is 6. The molecule has 0 aliphatic carbocycles. The molecule has 2 fully saturated rings. The molecule has 32 heavy (non-hydrogen) atoms. The summed E-state index contributed by atoms with van der Waals surface area (Å²) >= 11 is 1.31. The van der Waals surface area contributed by atoms with Gasteiger partial charge in [0.1, 0.15) is 4.21 Å². The third-order valence-electron chi connectivity index (χ3n) is 7.08. The van der Waals surface area contributed by atoms with Crippen molar-refractivity contribution in [2.45, 2.75) is 28.9 Å². The average Bonchev–Trinajstić information content (AvgIpc) is 3.52. The molecule has 2 aliphatic rings. The van der Waals surface area contributed by atoms with Gasteiger partial charge in [-0.3, -0.25) is 0 Å². The largest absolute Gasteiger partial charge is 0.303 e. The smallest absolute Gasteiger partial charge is 0.252 e. The van der Waals surface area contributed by atoms with Gasteiger partial charge in [0, 0.05) is 25.6 Å². The quantitative estimate of drug-likeness (QED) is 0.511. The Morgan fingerprint density at radius 3 is 2.09 bits per heavy atom. The topological polar surface area (TPSA) is 40.6 Å². The zero-order valence-electron chi connectivity index (χ0n) is 18.2. The fraction of sp³-hybridized carbons (Fsp3) is 0.385. The van der Waals surface area contributed by atoms with Crippen LogP contribution >= 0.6 is 11.3 Å². The first-order valence-electron chi connectivity index (χ1n) is 11.5. The second-order valence-electron chi connectivity index (χ2n) is 9.02. The van der Waals surface area contributed by atoms with Crippen molar-refractivity contribution < 1.29 is 8.42 Å². The second kappa shape index (κ2) is 9.48. The maximum absolute atomic E-state index is 13.2. The Bertz CT molecular complexity index is 1090. The highest BCUT2D eigenvalue weighted by Crippen LogP contribution is 2.38. The van der Waals surface area contributed by atoms with Crippen molar-refractivity contribution in [2.24, 2.45) is 5.92 Å². The van der Waals surface area contributed by atoms with Gasteiger partial charge in [0.15, 0.2) is 0 Å². The minimum absolute atomic E-state index is 0.234. The fourth-order valence-corrected chi connectivity index (χ4v) is 8.00. The van der Waals surface area contributed by atoms with Crippen LogP contribution in [0.25, 0.3) is 0 Å². The SMILES string of the molecule is O=S(=O)(c1cccs1)N1CC(CN2CCC(c3ccccc3)CC2)[C@@H](c2ccccc2)C1. The summed E-state index contributed by atoms with van der Waals surface area (Å²) in [5, 5.41) is 1.84. The summed E-state index contributed by atoms with van der Waals surface area (Å²) in [6, 6.07) is 24.8. The predicted molar refractivity (Wildman–Crippen MR) is 131 cm³/mol.